The molecule has 0 saturated carbocycles. The first-order valence-electron chi connectivity index (χ1n) is 7.54. The number of halogens is 1. The van der Waals surface area contributed by atoms with Crippen molar-refractivity contribution in [3.8, 4) is 0 Å². The molecule has 0 aliphatic rings. The highest BCUT2D eigenvalue weighted by Gasteiger charge is 2.19. The highest BCUT2D eigenvalue weighted by atomic mass is 19.1. The Morgan fingerprint density at radius 1 is 1.29 bits per heavy atom. The van der Waals surface area contributed by atoms with Gasteiger partial charge in [0.1, 0.15) is 11.6 Å². The maximum Gasteiger partial charge on any atom is 0.306 e. The van der Waals surface area contributed by atoms with E-state index in [1.165, 1.54) is 31.2 Å². The summed E-state index contributed by atoms with van der Waals surface area (Å²) in [5.74, 6) is -0.696. The standard InChI is InChI=1S/C17H19FN2O4/c1-10-15(11(2)24-20-10)8-9-16(21)23-12(3)17(22)19-14-6-4-13(18)5-7-14/h4-7,12H,8-9H2,1-3H3,(H,19,22)/t12-/m0/s1. The van der Waals surface area contributed by atoms with Gasteiger partial charge in [0.2, 0.25) is 0 Å². The Bertz CT molecular complexity index is 705. The number of aryl methyl sites for hydroxylation is 2. The number of amides is 1. The Morgan fingerprint density at radius 2 is 1.96 bits per heavy atom. The summed E-state index contributed by atoms with van der Waals surface area (Å²) in [6.45, 7) is 5.06. The van der Waals surface area contributed by atoms with Gasteiger partial charge in [0.15, 0.2) is 6.10 Å². The van der Waals surface area contributed by atoms with Crippen LogP contribution < -0.4 is 5.32 Å². The van der Waals surface area contributed by atoms with E-state index in [1.807, 2.05) is 0 Å². The number of nitrogens with one attached hydrogen (secondary N) is 1. The average Bonchev–Trinajstić information content (AvgIpc) is 2.86. The summed E-state index contributed by atoms with van der Waals surface area (Å²) in [5, 5.41) is 6.37. The van der Waals surface area contributed by atoms with E-state index in [9.17, 15) is 14.0 Å². The van der Waals surface area contributed by atoms with Crippen LogP contribution in [0.1, 0.15) is 30.4 Å². The van der Waals surface area contributed by atoms with E-state index in [4.69, 9.17) is 9.26 Å². The molecule has 0 aliphatic heterocycles. The van der Waals surface area contributed by atoms with Crippen LogP contribution in [0.4, 0.5) is 10.1 Å². The lowest BCUT2D eigenvalue weighted by molar-refractivity contribution is -0.153. The number of hydrogen-bond acceptors (Lipinski definition) is 5. The molecule has 0 radical (unpaired) electrons. The van der Waals surface area contributed by atoms with Gasteiger partial charge >= 0.3 is 5.97 Å². The normalized spacial score (nSPS) is 11.8. The molecule has 7 heteroatoms. The van der Waals surface area contributed by atoms with Crippen molar-refractivity contribution in [3.05, 3.63) is 47.1 Å². The summed E-state index contributed by atoms with van der Waals surface area (Å²) in [6, 6.07) is 5.32. The third kappa shape index (κ3) is 4.65. The smallest absolute Gasteiger partial charge is 0.306 e. The molecular formula is C17H19FN2O4. The average molecular weight is 334 g/mol. The minimum atomic E-state index is -0.952. The minimum Gasteiger partial charge on any atom is -0.453 e. The third-order valence-corrected chi connectivity index (χ3v) is 3.55. The first-order valence-corrected chi connectivity index (χ1v) is 7.54. The van der Waals surface area contributed by atoms with Crippen LogP contribution in [0.2, 0.25) is 0 Å². The molecule has 1 aromatic heterocycles. The van der Waals surface area contributed by atoms with Gasteiger partial charge in [-0.1, -0.05) is 5.16 Å². The molecule has 1 aromatic carbocycles. The van der Waals surface area contributed by atoms with Gasteiger partial charge in [0, 0.05) is 17.7 Å². The molecular weight excluding hydrogens is 315 g/mol. The molecule has 0 fully saturated rings. The second-order valence-electron chi connectivity index (χ2n) is 5.43. The van der Waals surface area contributed by atoms with Gasteiger partial charge in [-0.05, 0) is 51.5 Å². The molecule has 1 N–H and O–H groups in total. The van der Waals surface area contributed by atoms with E-state index in [-0.39, 0.29) is 6.42 Å². The first kappa shape index (κ1) is 17.7. The zero-order chi connectivity index (χ0) is 17.7. The van der Waals surface area contributed by atoms with Gasteiger partial charge in [0.25, 0.3) is 5.91 Å². The number of ether oxygens (including phenoxy) is 1. The molecule has 1 atom stereocenters. The summed E-state index contributed by atoms with van der Waals surface area (Å²) < 4.78 is 23.0. The van der Waals surface area contributed by atoms with Crippen LogP contribution >= 0.6 is 0 Å². The molecule has 24 heavy (non-hydrogen) atoms. The first-order chi connectivity index (χ1) is 11.4. The van der Waals surface area contributed by atoms with Crippen molar-refractivity contribution in [2.75, 3.05) is 5.32 Å². The van der Waals surface area contributed by atoms with Crippen molar-refractivity contribution < 1.29 is 23.2 Å². The van der Waals surface area contributed by atoms with Gasteiger partial charge in [-0.25, -0.2) is 4.39 Å². The second-order valence-corrected chi connectivity index (χ2v) is 5.43. The molecule has 6 nitrogen and oxygen atoms in total. The zero-order valence-corrected chi connectivity index (χ0v) is 13.8. The monoisotopic (exact) mass is 334 g/mol. The maximum atomic E-state index is 12.8. The lowest BCUT2D eigenvalue weighted by Gasteiger charge is -2.13. The Balaban J connectivity index is 1.82. The van der Waals surface area contributed by atoms with Crippen LogP contribution in [0.15, 0.2) is 28.8 Å². The van der Waals surface area contributed by atoms with Crippen molar-refractivity contribution in [1.82, 2.24) is 5.16 Å². The SMILES string of the molecule is Cc1noc(C)c1CCC(=O)O[C@@H](C)C(=O)Nc1ccc(F)cc1. The van der Waals surface area contributed by atoms with E-state index >= 15 is 0 Å². The molecule has 1 amide bonds. The predicted molar refractivity (Wildman–Crippen MR) is 84.9 cm³/mol. The van der Waals surface area contributed by atoms with Gasteiger partial charge in [-0.15, -0.1) is 0 Å². The van der Waals surface area contributed by atoms with Gasteiger partial charge in [-0.3, -0.25) is 9.59 Å². The zero-order valence-electron chi connectivity index (χ0n) is 13.8. The van der Waals surface area contributed by atoms with E-state index < -0.39 is 23.8 Å². The number of hydrogen-bond donors (Lipinski definition) is 1. The fourth-order valence-corrected chi connectivity index (χ4v) is 2.17. The number of esters is 1. The molecule has 0 saturated heterocycles. The highest BCUT2D eigenvalue weighted by Crippen LogP contribution is 2.15. The molecule has 128 valence electrons. The Kier molecular flexibility index (Phi) is 5.68. The predicted octanol–water partition coefficient (Wildman–Crippen LogP) is 2.93. The summed E-state index contributed by atoms with van der Waals surface area (Å²) in [7, 11) is 0. The molecule has 0 unspecified atom stereocenters. The number of anilines is 1. The Labute approximate surface area is 139 Å². The van der Waals surface area contributed by atoms with Crippen LogP contribution in [0.25, 0.3) is 0 Å². The van der Waals surface area contributed by atoms with Crippen molar-refractivity contribution in [2.24, 2.45) is 0 Å². The molecule has 0 aliphatic carbocycles. The quantitative estimate of drug-likeness (QED) is 0.822. The van der Waals surface area contributed by atoms with Gasteiger partial charge < -0.3 is 14.6 Å². The summed E-state index contributed by atoms with van der Waals surface area (Å²) >= 11 is 0. The largest absolute Gasteiger partial charge is 0.453 e. The van der Waals surface area contributed by atoms with Gasteiger partial charge in [0.05, 0.1) is 5.69 Å². The van der Waals surface area contributed by atoms with E-state index in [2.05, 4.69) is 10.5 Å². The van der Waals surface area contributed by atoms with Crippen LogP contribution in [0.5, 0.6) is 0 Å². The molecule has 0 spiro atoms. The number of carbonyl (C=O) groups excluding carboxylic acids is 2. The number of benzene rings is 1. The summed E-state index contributed by atoms with van der Waals surface area (Å²) in [4.78, 5) is 23.8. The van der Waals surface area contributed by atoms with Crippen LogP contribution in [0.3, 0.4) is 0 Å². The van der Waals surface area contributed by atoms with Crippen LogP contribution in [-0.4, -0.2) is 23.1 Å². The summed E-state index contributed by atoms with van der Waals surface area (Å²) in [6.07, 6.45) is -0.393. The highest BCUT2D eigenvalue weighted by molar-refractivity contribution is 5.95. The number of aromatic nitrogens is 1. The topological polar surface area (TPSA) is 81.4 Å². The lowest BCUT2D eigenvalue weighted by Crippen LogP contribution is -2.30. The van der Waals surface area contributed by atoms with E-state index in [0.29, 0.717) is 17.9 Å². The Morgan fingerprint density at radius 3 is 2.54 bits per heavy atom. The minimum absolute atomic E-state index is 0.122. The Hall–Kier alpha value is -2.70. The number of nitrogens with zero attached hydrogens (tertiary/aromatic N) is 1. The number of carbonyl (C=O) groups is 2. The van der Waals surface area contributed by atoms with E-state index in [1.54, 1.807) is 13.8 Å². The molecule has 1 heterocycles. The fraction of sp³-hybridized carbons (Fsp3) is 0.353. The number of rotatable bonds is 6. The van der Waals surface area contributed by atoms with Crippen molar-refractivity contribution in [2.45, 2.75) is 39.7 Å². The van der Waals surface area contributed by atoms with E-state index in [0.717, 1.165) is 11.3 Å². The van der Waals surface area contributed by atoms with Crippen molar-refractivity contribution in [1.29, 1.82) is 0 Å². The molecule has 2 aromatic rings. The van der Waals surface area contributed by atoms with Crippen LogP contribution in [-0.2, 0) is 20.7 Å². The van der Waals surface area contributed by atoms with Crippen molar-refractivity contribution >= 4 is 17.6 Å². The fourth-order valence-electron chi connectivity index (χ4n) is 2.17. The second kappa shape index (κ2) is 7.72. The molecule has 0 bridgehead atoms. The maximum absolute atomic E-state index is 12.8. The lowest BCUT2D eigenvalue weighted by atomic mass is 10.1. The third-order valence-electron chi connectivity index (χ3n) is 3.55. The molecule has 2 rings (SSSR count). The van der Waals surface area contributed by atoms with Crippen molar-refractivity contribution in [3.63, 3.8) is 0 Å². The summed E-state index contributed by atoms with van der Waals surface area (Å²) in [5.41, 5.74) is 2.04. The van der Waals surface area contributed by atoms with Crippen LogP contribution in [0, 0.1) is 19.7 Å². The van der Waals surface area contributed by atoms with Gasteiger partial charge in [-0.2, -0.15) is 0 Å².